The molecule has 1 saturated heterocycles. The smallest absolute Gasteiger partial charge is 0.0927 e. The van der Waals surface area contributed by atoms with E-state index in [2.05, 4.69) is 52.0 Å². The van der Waals surface area contributed by atoms with E-state index in [1.165, 1.54) is 5.69 Å². The highest BCUT2D eigenvalue weighted by Crippen LogP contribution is 2.39. The first-order chi connectivity index (χ1) is 15.1. The number of hydrogen-bond acceptors (Lipinski definition) is 6. The van der Waals surface area contributed by atoms with Crippen LogP contribution in [0.2, 0.25) is 0 Å². The van der Waals surface area contributed by atoms with Gasteiger partial charge in [-0.15, -0.1) is 0 Å². The normalized spacial score (nSPS) is 22.0. The Kier molecular flexibility index (Phi) is 5.16. The van der Waals surface area contributed by atoms with Gasteiger partial charge in [-0.2, -0.15) is 10.4 Å². The fourth-order valence-electron chi connectivity index (χ4n) is 4.49. The minimum absolute atomic E-state index is 0.389. The number of piperazine rings is 1. The van der Waals surface area contributed by atoms with Crippen LogP contribution in [0.4, 0.5) is 5.69 Å². The fourth-order valence-corrected chi connectivity index (χ4v) is 4.49. The largest absolute Gasteiger partial charge is 0.369 e. The Bertz CT molecular complexity index is 1160. The van der Waals surface area contributed by atoms with Crippen LogP contribution in [-0.4, -0.2) is 57.9 Å². The summed E-state index contributed by atoms with van der Waals surface area (Å²) in [6.07, 6.45) is 9.59. The first-order valence-corrected chi connectivity index (χ1v) is 10.9. The SMILES string of the molecule is Cc1nn(C2CC(/C=C/C#N)C2)cc1-c1cnc2cc(N3CCN(C)CC3)ccc2n1. The molecule has 2 aliphatic rings. The second kappa shape index (κ2) is 8.12. The quantitative estimate of drug-likeness (QED) is 0.609. The van der Waals surface area contributed by atoms with Gasteiger partial charge in [-0.25, -0.2) is 4.98 Å². The Labute approximate surface area is 182 Å². The Balaban J connectivity index is 1.35. The van der Waals surface area contributed by atoms with Gasteiger partial charge in [0.2, 0.25) is 0 Å². The monoisotopic (exact) mass is 413 g/mol. The minimum Gasteiger partial charge on any atom is -0.369 e. The topological polar surface area (TPSA) is 73.9 Å². The van der Waals surface area contributed by atoms with Gasteiger partial charge in [0.05, 0.1) is 40.7 Å². The van der Waals surface area contributed by atoms with E-state index in [0.29, 0.717) is 12.0 Å². The van der Waals surface area contributed by atoms with Gasteiger partial charge in [0.1, 0.15) is 0 Å². The fraction of sp³-hybridized carbons (Fsp3) is 0.417. The van der Waals surface area contributed by atoms with Crippen molar-refractivity contribution < 1.29 is 0 Å². The molecule has 0 spiro atoms. The summed E-state index contributed by atoms with van der Waals surface area (Å²) >= 11 is 0. The Morgan fingerprint density at radius 2 is 1.94 bits per heavy atom. The predicted octanol–water partition coefficient (Wildman–Crippen LogP) is 3.58. The van der Waals surface area contributed by atoms with Crippen LogP contribution >= 0.6 is 0 Å². The zero-order valence-corrected chi connectivity index (χ0v) is 18.1. The van der Waals surface area contributed by atoms with Crippen molar-refractivity contribution in [1.29, 1.82) is 5.26 Å². The number of rotatable bonds is 4. The molecule has 0 atom stereocenters. The van der Waals surface area contributed by atoms with Gasteiger partial charge in [0, 0.05) is 49.7 Å². The molecule has 5 rings (SSSR count). The van der Waals surface area contributed by atoms with Gasteiger partial charge in [-0.05, 0) is 50.9 Å². The second-order valence-electron chi connectivity index (χ2n) is 8.70. The summed E-state index contributed by atoms with van der Waals surface area (Å²) in [7, 11) is 2.17. The number of nitriles is 1. The van der Waals surface area contributed by atoms with Crippen molar-refractivity contribution >= 4 is 16.7 Å². The highest BCUT2D eigenvalue weighted by Gasteiger charge is 2.30. The van der Waals surface area contributed by atoms with Crippen LogP contribution in [0.3, 0.4) is 0 Å². The van der Waals surface area contributed by atoms with E-state index in [4.69, 9.17) is 20.3 Å². The molecule has 1 aromatic carbocycles. The predicted molar refractivity (Wildman–Crippen MR) is 122 cm³/mol. The summed E-state index contributed by atoms with van der Waals surface area (Å²) in [4.78, 5) is 14.4. The number of nitrogens with zero attached hydrogens (tertiary/aromatic N) is 7. The molecule has 2 fully saturated rings. The maximum atomic E-state index is 8.68. The summed E-state index contributed by atoms with van der Waals surface area (Å²) in [6, 6.07) is 8.85. The standard InChI is InChI=1S/C24H27N7/c1-17-21(16-31(28-17)20-12-18(13-20)4-3-7-25)24-15-26-23-14-19(5-6-22(23)27-24)30-10-8-29(2)9-11-30/h3-6,14-16,18,20H,8-13H2,1-2H3/b4-3+. The lowest BCUT2D eigenvalue weighted by atomic mass is 9.80. The molecule has 3 heterocycles. The first-order valence-electron chi connectivity index (χ1n) is 10.9. The van der Waals surface area contributed by atoms with E-state index in [0.717, 1.165) is 67.0 Å². The van der Waals surface area contributed by atoms with Gasteiger partial charge in [-0.1, -0.05) is 6.08 Å². The number of hydrogen-bond donors (Lipinski definition) is 0. The Hall–Kier alpha value is -3.24. The molecule has 1 aliphatic heterocycles. The molecule has 0 N–H and O–H groups in total. The van der Waals surface area contributed by atoms with Crippen molar-refractivity contribution in [3.8, 4) is 17.3 Å². The Morgan fingerprint density at radius 1 is 1.13 bits per heavy atom. The maximum Gasteiger partial charge on any atom is 0.0927 e. The van der Waals surface area contributed by atoms with Gasteiger partial charge < -0.3 is 9.80 Å². The molecular weight excluding hydrogens is 386 g/mol. The average Bonchev–Trinajstić information content (AvgIpc) is 3.13. The first kappa shape index (κ1) is 19.7. The van der Waals surface area contributed by atoms with Crippen LogP contribution in [-0.2, 0) is 0 Å². The van der Waals surface area contributed by atoms with E-state index in [-0.39, 0.29) is 0 Å². The molecule has 1 aliphatic carbocycles. The molecule has 2 aromatic heterocycles. The molecular formula is C24H27N7. The third-order valence-electron chi connectivity index (χ3n) is 6.55. The number of benzene rings is 1. The van der Waals surface area contributed by atoms with Gasteiger partial charge in [-0.3, -0.25) is 9.67 Å². The zero-order chi connectivity index (χ0) is 21.4. The number of likely N-dealkylation sites (N-methyl/N-ethyl adjacent to an activating group) is 1. The lowest BCUT2D eigenvalue weighted by molar-refractivity contribution is 0.224. The van der Waals surface area contributed by atoms with Crippen LogP contribution in [0.1, 0.15) is 24.6 Å². The molecule has 3 aromatic rings. The molecule has 31 heavy (non-hydrogen) atoms. The van der Waals surface area contributed by atoms with E-state index in [1.54, 1.807) is 6.08 Å². The van der Waals surface area contributed by atoms with Crippen molar-refractivity contribution in [2.75, 3.05) is 38.1 Å². The second-order valence-corrected chi connectivity index (χ2v) is 8.70. The molecule has 0 amide bonds. The van der Waals surface area contributed by atoms with Gasteiger partial charge in [0.25, 0.3) is 0 Å². The van der Waals surface area contributed by atoms with E-state index >= 15 is 0 Å². The highest BCUT2D eigenvalue weighted by molar-refractivity contribution is 5.81. The minimum atomic E-state index is 0.389. The van der Waals surface area contributed by atoms with Crippen molar-refractivity contribution in [2.24, 2.45) is 5.92 Å². The number of anilines is 1. The average molecular weight is 414 g/mol. The van der Waals surface area contributed by atoms with E-state index < -0.39 is 0 Å². The number of aromatic nitrogens is 4. The number of fused-ring (bicyclic) bond motifs is 1. The molecule has 0 unspecified atom stereocenters. The van der Waals surface area contributed by atoms with Crippen LogP contribution in [0.25, 0.3) is 22.3 Å². The van der Waals surface area contributed by atoms with Crippen molar-refractivity contribution in [3.05, 3.63) is 48.4 Å². The summed E-state index contributed by atoms with van der Waals surface area (Å²) in [5.74, 6) is 0.479. The van der Waals surface area contributed by atoms with Crippen molar-refractivity contribution in [1.82, 2.24) is 24.6 Å². The number of aryl methyl sites for hydroxylation is 1. The summed E-state index contributed by atoms with van der Waals surface area (Å²) < 4.78 is 2.06. The third-order valence-corrected chi connectivity index (χ3v) is 6.55. The van der Waals surface area contributed by atoms with Crippen LogP contribution < -0.4 is 4.90 Å². The van der Waals surface area contributed by atoms with Crippen LogP contribution in [0.15, 0.2) is 42.7 Å². The van der Waals surface area contributed by atoms with Gasteiger partial charge in [0.15, 0.2) is 0 Å². The molecule has 158 valence electrons. The maximum absolute atomic E-state index is 8.68. The molecule has 7 heteroatoms. The van der Waals surface area contributed by atoms with E-state index in [1.807, 2.05) is 19.2 Å². The molecule has 0 radical (unpaired) electrons. The van der Waals surface area contributed by atoms with Crippen molar-refractivity contribution in [3.63, 3.8) is 0 Å². The van der Waals surface area contributed by atoms with E-state index in [9.17, 15) is 0 Å². The zero-order valence-electron chi connectivity index (χ0n) is 18.1. The third kappa shape index (κ3) is 3.91. The molecule has 1 saturated carbocycles. The summed E-state index contributed by atoms with van der Waals surface area (Å²) in [5, 5.41) is 13.4. The lowest BCUT2D eigenvalue weighted by Gasteiger charge is -2.34. The van der Waals surface area contributed by atoms with Crippen LogP contribution in [0, 0.1) is 24.2 Å². The molecule has 7 nitrogen and oxygen atoms in total. The highest BCUT2D eigenvalue weighted by atomic mass is 15.3. The summed E-state index contributed by atoms with van der Waals surface area (Å²) in [5.41, 5.74) is 5.93. The molecule has 0 bridgehead atoms. The number of allylic oxidation sites excluding steroid dienone is 2. The summed E-state index contributed by atoms with van der Waals surface area (Å²) in [6.45, 7) is 6.28. The lowest BCUT2D eigenvalue weighted by Crippen LogP contribution is -2.44. The van der Waals surface area contributed by atoms with Gasteiger partial charge >= 0.3 is 0 Å². The van der Waals surface area contributed by atoms with Crippen molar-refractivity contribution in [2.45, 2.75) is 25.8 Å². The Morgan fingerprint density at radius 3 is 2.71 bits per heavy atom. The van der Waals surface area contributed by atoms with Crippen LogP contribution in [0.5, 0.6) is 0 Å².